The number of piperidine rings is 1. The van der Waals surface area contributed by atoms with Gasteiger partial charge in [-0.2, -0.15) is 0 Å². The molecule has 15 heavy (non-hydrogen) atoms. The molecular weight excluding hydrogens is 186 g/mol. The quantitative estimate of drug-likeness (QED) is 0.717. The van der Waals surface area contributed by atoms with E-state index in [0.29, 0.717) is 6.04 Å². The van der Waals surface area contributed by atoms with Crippen LogP contribution in [0.5, 0.6) is 0 Å². The lowest BCUT2D eigenvalue weighted by Crippen LogP contribution is -2.42. The zero-order valence-corrected chi connectivity index (χ0v) is 10.3. The van der Waals surface area contributed by atoms with Crippen LogP contribution < -0.4 is 11.5 Å². The van der Waals surface area contributed by atoms with Gasteiger partial charge in [0.1, 0.15) is 0 Å². The molecule has 1 atom stereocenters. The first-order valence-electron chi connectivity index (χ1n) is 6.31. The highest BCUT2D eigenvalue weighted by Gasteiger charge is 2.24. The van der Waals surface area contributed by atoms with Gasteiger partial charge in [-0.1, -0.05) is 13.8 Å². The third-order valence-corrected chi connectivity index (χ3v) is 3.43. The Bertz CT molecular complexity index is 162. The molecule has 0 aliphatic carbocycles. The topological polar surface area (TPSA) is 55.3 Å². The zero-order chi connectivity index (χ0) is 11.3. The van der Waals surface area contributed by atoms with E-state index in [1.165, 1.54) is 32.4 Å². The van der Waals surface area contributed by atoms with Crippen LogP contribution in [0.4, 0.5) is 0 Å². The van der Waals surface area contributed by atoms with Gasteiger partial charge in [0, 0.05) is 19.1 Å². The van der Waals surface area contributed by atoms with E-state index >= 15 is 0 Å². The second-order valence-electron chi connectivity index (χ2n) is 5.26. The van der Waals surface area contributed by atoms with Crippen molar-refractivity contribution in [2.45, 2.75) is 39.2 Å². The average Bonchev–Trinajstić information content (AvgIpc) is 2.18. The van der Waals surface area contributed by atoms with Gasteiger partial charge >= 0.3 is 0 Å². The molecule has 1 saturated heterocycles. The van der Waals surface area contributed by atoms with E-state index < -0.39 is 0 Å². The van der Waals surface area contributed by atoms with Crippen LogP contribution in [0.2, 0.25) is 0 Å². The highest BCUT2D eigenvalue weighted by atomic mass is 15.1. The van der Waals surface area contributed by atoms with Crippen LogP contribution in [0.25, 0.3) is 0 Å². The summed E-state index contributed by atoms with van der Waals surface area (Å²) in [5.41, 5.74) is 11.8. The van der Waals surface area contributed by atoms with Gasteiger partial charge in [-0.3, -0.25) is 0 Å². The van der Waals surface area contributed by atoms with Crippen molar-refractivity contribution in [2.24, 2.45) is 23.3 Å². The Morgan fingerprint density at radius 3 is 2.33 bits per heavy atom. The van der Waals surface area contributed by atoms with E-state index in [-0.39, 0.29) is 0 Å². The summed E-state index contributed by atoms with van der Waals surface area (Å²) in [6.07, 6.45) is 3.68. The lowest BCUT2D eigenvalue weighted by Gasteiger charge is -2.35. The molecule has 0 aromatic rings. The summed E-state index contributed by atoms with van der Waals surface area (Å²) in [5.74, 6) is 1.46. The molecule has 0 bridgehead atoms. The van der Waals surface area contributed by atoms with Crippen molar-refractivity contribution in [3.63, 3.8) is 0 Å². The Morgan fingerprint density at radius 1 is 1.27 bits per heavy atom. The van der Waals surface area contributed by atoms with Crippen LogP contribution in [0.1, 0.15) is 33.1 Å². The monoisotopic (exact) mass is 213 g/mol. The molecule has 90 valence electrons. The molecule has 4 N–H and O–H groups in total. The summed E-state index contributed by atoms with van der Waals surface area (Å²) < 4.78 is 0. The van der Waals surface area contributed by atoms with E-state index in [1.54, 1.807) is 0 Å². The number of nitrogens with two attached hydrogens (primary N) is 2. The first-order valence-corrected chi connectivity index (χ1v) is 6.31. The maximum atomic E-state index is 6.23. The van der Waals surface area contributed by atoms with Crippen LogP contribution in [0.15, 0.2) is 0 Å². The fraction of sp³-hybridized carbons (Fsp3) is 1.00. The van der Waals surface area contributed by atoms with Crippen molar-refractivity contribution in [2.75, 3.05) is 26.2 Å². The van der Waals surface area contributed by atoms with Crippen molar-refractivity contribution in [3.8, 4) is 0 Å². The Kier molecular flexibility index (Phi) is 5.58. The number of nitrogens with zero attached hydrogens (tertiary/aromatic N) is 1. The molecule has 1 heterocycles. The molecule has 3 heteroatoms. The first-order chi connectivity index (χ1) is 7.13. The Morgan fingerprint density at radius 2 is 1.87 bits per heavy atom. The molecule has 0 spiro atoms. The summed E-state index contributed by atoms with van der Waals surface area (Å²) in [7, 11) is 0. The van der Waals surface area contributed by atoms with Crippen LogP contribution in [-0.4, -0.2) is 37.1 Å². The highest BCUT2D eigenvalue weighted by Crippen LogP contribution is 2.22. The predicted octanol–water partition coefficient (Wildman–Crippen LogP) is 1.03. The van der Waals surface area contributed by atoms with Crippen LogP contribution >= 0.6 is 0 Å². The van der Waals surface area contributed by atoms with Crippen LogP contribution in [0, 0.1) is 11.8 Å². The smallest absolute Gasteiger partial charge is 0.0105 e. The molecule has 0 aromatic heterocycles. The first kappa shape index (κ1) is 12.9. The van der Waals surface area contributed by atoms with E-state index in [9.17, 15) is 0 Å². The molecule has 1 unspecified atom stereocenters. The van der Waals surface area contributed by atoms with E-state index in [2.05, 4.69) is 18.7 Å². The van der Waals surface area contributed by atoms with Gasteiger partial charge in [-0.05, 0) is 44.2 Å². The molecule has 0 amide bonds. The minimum atomic E-state index is 0.407. The fourth-order valence-electron chi connectivity index (χ4n) is 2.52. The second-order valence-corrected chi connectivity index (χ2v) is 5.26. The highest BCUT2D eigenvalue weighted by molar-refractivity contribution is 4.80. The van der Waals surface area contributed by atoms with Crippen LogP contribution in [0.3, 0.4) is 0 Å². The van der Waals surface area contributed by atoms with Gasteiger partial charge in [-0.15, -0.1) is 0 Å². The molecular formula is C12H27N3. The summed E-state index contributed by atoms with van der Waals surface area (Å²) in [4.78, 5) is 2.46. The summed E-state index contributed by atoms with van der Waals surface area (Å²) in [5, 5.41) is 0. The van der Waals surface area contributed by atoms with E-state index in [0.717, 1.165) is 24.9 Å². The molecule has 3 nitrogen and oxygen atoms in total. The van der Waals surface area contributed by atoms with Crippen molar-refractivity contribution in [1.29, 1.82) is 0 Å². The van der Waals surface area contributed by atoms with E-state index in [1.807, 2.05) is 0 Å². The third-order valence-electron chi connectivity index (χ3n) is 3.43. The number of hydrogen-bond acceptors (Lipinski definition) is 3. The van der Waals surface area contributed by atoms with Gasteiger partial charge in [0.05, 0.1) is 0 Å². The third kappa shape index (κ3) is 4.49. The Labute approximate surface area is 94.2 Å². The lowest BCUT2D eigenvalue weighted by molar-refractivity contribution is 0.166. The summed E-state index contributed by atoms with van der Waals surface area (Å²) in [6, 6.07) is 0.407. The molecule has 0 radical (unpaired) electrons. The largest absolute Gasteiger partial charge is 0.329 e. The standard InChI is InChI=1S/C12H27N3/c1-10(2)9-12(14)11-3-6-15(7-4-11)8-5-13/h10-12H,3-9,13-14H2,1-2H3. The van der Waals surface area contributed by atoms with Crippen molar-refractivity contribution in [3.05, 3.63) is 0 Å². The summed E-state index contributed by atoms with van der Waals surface area (Å²) >= 11 is 0. The number of likely N-dealkylation sites (tertiary alicyclic amines) is 1. The molecule has 1 aliphatic heterocycles. The molecule has 1 rings (SSSR count). The van der Waals surface area contributed by atoms with Gasteiger partial charge in [0.2, 0.25) is 0 Å². The van der Waals surface area contributed by atoms with E-state index in [4.69, 9.17) is 11.5 Å². The van der Waals surface area contributed by atoms with Crippen molar-refractivity contribution < 1.29 is 0 Å². The normalized spacial score (nSPS) is 22.2. The average molecular weight is 213 g/mol. The Balaban J connectivity index is 2.24. The van der Waals surface area contributed by atoms with Gasteiger partial charge < -0.3 is 16.4 Å². The van der Waals surface area contributed by atoms with Crippen molar-refractivity contribution in [1.82, 2.24) is 4.90 Å². The number of hydrogen-bond donors (Lipinski definition) is 2. The Hall–Kier alpha value is -0.120. The van der Waals surface area contributed by atoms with Crippen molar-refractivity contribution >= 4 is 0 Å². The minimum Gasteiger partial charge on any atom is -0.329 e. The second kappa shape index (κ2) is 6.46. The zero-order valence-electron chi connectivity index (χ0n) is 10.3. The number of rotatable bonds is 5. The SMILES string of the molecule is CC(C)CC(N)C1CCN(CCN)CC1. The molecule has 0 saturated carbocycles. The molecule has 1 aliphatic rings. The predicted molar refractivity (Wildman–Crippen MR) is 65.6 cm³/mol. The lowest BCUT2D eigenvalue weighted by atomic mass is 9.85. The van der Waals surface area contributed by atoms with Gasteiger partial charge in [-0.25, -0.2) is 0 Å². The fourth-order valence-corrected chi connectivity index (χ4v) is 2.52. The maximum Gasteiger partial charge on any atom is 0.0105 e. The molecule has 0 aromatic carbocycles. The van der Waals surface area contributed by atoms with Crippen LogP contribution in [-0.2, 0) is 0 Å². The maximum absolute atomic E-state index is 6.23. The van der Waals surface area contributed by atoms with Gasteiger partial charge in [0.25, 0.3) is 0 Å². The summed E-state index contributed by atoms with van der Waals surface area (Å²) in [6.45, 7) is 8.71. The van der Waals surface area contributed by atoms with Gasteiger partial charge in [0.15, 0.2) is 0 Å². The minimum absolute atomic E-state index is 0.407. The molecule has 1 fully saturated rings.